The number of hydrogen-bond acceptors (Lipinski definition) is 5. The number of nitrogens with zero attached hydrogens (tertiary/aromatic N) is 3. The van der Waals surface area contributed by atoms with E-state index in [1.165, 1.54) is 12.4 Å². The first-order chi connectivity index (χ1) is 10.1. The van der Waals surface area contributed by atoms with Crippen molar-refractivity contribution in [2.24, 2.45) is 0 Å². The number of carbonyl (C=O) groups excluding carboxylic acids is 1. The van der Waals surface area contributed by atoms with E-state index in [0.29, 0.717) is 17.1 Å². The lowest BCUT2D eigenvalue weighted by Gasteiger charge is -2.07. The molecule has 2 rings (SSSR count). The zero-order chi connectivity index (χ0) is 15.2. The lowest BCUT2D eigenvalue weighted by atomic mass is 10.2. The monoisotopic (exact) mass is 345 g/mol. The van der Waals surface area contributed by atoms with Crippen LogP contribution in [0.25, 0.3) is 0 Å². The molecule has 1 aromatic heterocycles. The van der Waals surface area contributed by atoms with Gasteiger partial charge >= 0.3 is 0 Å². The standard InChI is InChI=1S/C14H12BrN5O/c1-2-17-13-8-18-12(7-19-13)14(21)20-11-4-3-10(15)5-9(11)6-16/h3-5,7-8H,2H2,1H3,(H,17,19)(H,20,21). The van der Waals surface area contributed by atoms with E-state index in [-0.39, 0.29) is 5.69 Å². The molecular formula is C14H12BrN5O. The molecule has 0 aliphatic heterocycles. The van der Waals surface area contributed by atoms with Crippen molar-refractivity contribution in [2.45, 2.75) is 6.92 Å². The molecule has 6 nitrogen and oxygen atoms in total. The number of benzene rings is 1. The van der Waals surface area contributed by atoms with Gasteiger partial charge in [-0.15, -0.1) is 0 Å². The molecule has 0 saturated heterocycles. The fraction of sp³-hybridized carbons (Fsp3) is 0.143. The van der Waals surface area contributed by atoms with Crippen LogP contribution in [-0.2, 0) is 0 Å². The van der Waals surface area contributed by atoms with Crippen molar-refractivity contribution in [2.75, 3.05) is 17.2 Å². The van der Waals surface area contributed by atoms with Crippen LogP contribution in [-0.4, -0.2) is 22.4 Å². The zero-order valence-corrected chi connectivity index (χ0v) is 12.8. The van der Waals surface area contributed by atoms with Crippen molar-refractivity contribution in [3.63, 3.8) is 0 Å². The Labute approximate surface area is 130 Å². The van der Waals surface area contributed by atoms with Crippen molar-refractivity contribution < 1.29 is 4.79 Å². The second kappa shape index (κ2) is 6.81. The average molecular weight is 346 g/mol. The third-order valence-corrected chi connectivity index (χ3v) is 3.09. The number of nitriles is 1. The molecular weight excluding hydrogens is 334 g/mol. The molecule has 21 heavy (non-hydrogen) atoms. The van der Waals surface area contributed by atoms with Crippen LogP contribution in [0.15, 0.2) is 35.1 Å². The zero-order valence-electron chi connectivity index (χ0n) is 11.2. The highest BCUT2D eigenvalue weighted by molar-refractivity contribution is 9.10. The van der Waals surface area contributed by atoms with Crippen molar-refractivity contribution >= 4 is 33.3 Å². The molecule has 0 saturated carbocycles. The van der Waals surface area contributed by atoms with E-state index in [2.05, 4.69) is 36.5 Å². The summed E-state index contributed by atoms with van der Waals surface area (Å²) in [5, 5.41) is 14.7. The maximum atomic E-state index is 12.1. The highest BCUT2D eigenvalue weighted by atomic mass is 79.9. The van der Waals surface area contributed by atoms with Gasteiger partial charge in [0.05, 0.1) is 23.6 Å². The van der Waals surface area contributed by atoms with Crippen molar-refractivity contribution in [1.29, 1.82) is 5.26 Å². The Kier molecular flexibility index (Phi) is 4.85. The number of anilines is 2. The summed E-state index contributed by atoms with van der Waals surface area (Å²) in [5.41, 5.74) is 0.988. The van der Waals surface area contributed by atoms with Crippen LogP contribution in [0.4, 0.5) is 11.5 Å². The van der Waals surface area contributed by atoms with Gasteiger partial charge in [-0.1, -0.05) is 15.9 Å². The van der Waals surface area contributed by atoms with Crippen molar-refractivity contribution in [3.05, 3.63) is 46.3 Å². The van der Waals surface area contributed by atoms with E-state index in [1.54, 1.807) is 18.2 Å². The van der Waals surface area contributed by atoms with Gasteiger partial charge in [0, 0.05) is 11.0 Å². The summed E-state index contributed by atoms with van der Waals surface area (Å²) in [6, 6.07) is 7.06. The Morgan fingerprint density at radius 2 is 2.19 bits per heavy atom. The highest BCUT2D eigenvalue weighted by Gasteiger charge is 2.11. The van der Waals surface area contributed by atoms with E-state index < -0.39 is 5.91 Å². The molecule has 1 aromatic carbocycles. The van der Waals surface area contributed by atoms with E-state index in [4.69, 9.17) is 5.26 Å². The van der Waals surface area contributed by atoms with E-state index in [9.17, 15) is 4.79 Å². The molecule has 0 fully saturated rings. The van der Waals surface area contributed by atoms with Crippen LogP contribution in [0.1, 0.15) is 23.0 Å². The minimum absolute atomic E-state index is 0.184. The Morgan fingerprint density at radius 3 is 2.81 bits per heavy atom. The van der Waals surface area contributed by atoms with Crippen molar-refractivity contribution in [3.8, 4) is 6.07 Å². The predicted molar refractivity (Wildman–Crippen MR) is 83.0 cm³/mol. The van der Waals surface area contributed by atoms with Gasteiger partial charge in [0.15, 0.2) is 0 Å². The molecule has 0 bridgehead atoms. The smallest absolute Gasteiger partial charge is 0.275 e. The molecule has 2 aromatic rings. The SMILES string of the molecule is CCNc1cnc(C(=O)Nc2ccc(Br)cc2C#N)cn1. The van der Waals surface area contributed by atoms with Gasteiger partial charge in [-0.05, 0) is 25.1 Å². The molecule has 0 aliphatic carbocycles. The van der Waals surface area contributed by atoms with Gasteiger partial charge < -0.3 is 10.6 Å². The van der Waals surface area contributed by atoms with E-state index >= 15 is 0 Å². The summed E-state index contributed by atoms with van der Waals surface area (Å²) >= 11 is 3.28. The minimum atomic E-state index is -0.413. The van der Waals surface area contributed by atoms with Crippen LogP contribution in [0.2, 0.25) is 0 Å². The normalized spacial score (nSPS) is 9.76. The largest absolute Gasteiger partial charge is 0.369 e. The number of carbonyl (C=O) groups is 1. The summed E-state index contributed by atoms with van der Waals surface area (Å²) < 4.78 is 0.770. The van der Waals surface area contributed by atoms with E-state index in [0.717, 1.165) is 11.0 Å². The van der Waals surface area contributed by atoms with Crippen LogP contribution in [0.5, 0.6) is 0 Å². The molecule has 106 valence electrons. The van der Waals surface area contributed by atoms with Crippen LogP contribution in [0, 0.1) is 11.3 Å². The van der Waals surface area contributed by atoms with Crippen LogP contribution >= 0.6 is 15.9 Å². The summed E-state index contributed by atoms with van der Waals surface area (Å²) in [7, 11) is 0. The predicted octanol–water partition coefficient (Wildman–Crippen LogP) is 2.79. The Morgan fingerprint density at radius 1 is 1.38 bits per heavy atom. The Balaban J connectivity index is 2.16. The first-order valence-electron chi connectivity index (χ1n) is 6.21. The lowest BCUT2D eigenvalue weighted by molar-refractivity contribution is 0.102. The molecule has 0 radical (unpaired) electrons. The third kappa shape index (κ3) is 3.77. The molecule has 0 atom stereocenters. The molecule has 7 heteroatoms. The van der Waals surface area contributed by atoms with Crippen LogP contribution < -0.4 is 10.6 Å². The van der Waals surface area contributed by atoms with Gasteiger partial charge in [0.1, 0.15) is 17.6 Å². The maximum Gasteiger partial charge on any atom is 0.275 e. The second-order valence-electron chi connectivity index (χ2n) is 4.07. The number of aromatic nitrogens is 2. The summed E-state index contributed by atoms with van der Waals surface area (Å²) in [5.74, 6) is 0.194. The van der Waals surface area contributed by atoms with Crippen LogP contribution in [0.3, 0.4) is 0 Å². The first kappa shape index (κ1) is 14.9. The summed E-state index contributed by atoms with van der Waals surface area (Å²) in [6.07, 6.45) is 2.88. The molecule has 0 unspecified atom stereocenters. The number of nitrogens with one attached hydrogen (secondary N) is 2. The highest BCUT2D eigenvalue weighted by Crippen LogP contribution is 2.20. The second-order valence-corrected chi connectivity index (χ2v) is 4.99. The van der Waals surface area contributed by atoms with Gasteiger partial charge in [-0.3, -0.25) is 4.79 Å². The first-order valence-corrected chi connectivity index (χ1v) is 7.00. The molecule has 2 N–H and O–H groups in total. The molecule has 1 amide bonds. The third-order valence-electron chi connectivity index (χ3n) is 2.59. The maximum absolute atomic E-state index is 12.1. The quantitative estimate of drug-likeness (QED) is 0.888. The number of rotatable bonds is 4. The van der Waals surface area contributed by atoms with Crippen molar-refractivity contribution in [1.82, 2.24) is 9.97 Å². The van der Waals surface area contributed by atoms with Gasteiger partial charge in [0.2, 0.25) is 0 Å². The average Bonchev–Trinajstić information content (AvgIpc) is 2.50. The molecule has 1 heterocycles. The fourth-order valence-electron chi connectivity index (χ4n) is 1.62. The molecule has 0 aliphatic rings. The Bertz CT molecular complexity index is 694. The van der Waals surface area contributed by atoms with Gasteiger partial charge in [0.25, 0.3) is 5.91 Å². The summed E-state index contributed by atoms with van der Waals surface area (Å²) in [6.45, 7) is 2.67. The lowest BCUT2D eigenvalue weighted by Crippen LogP contribution is -2.15. The van der Waals surface area contributed by atoms with Gasteiger partial charge in [-0.2, -0.15) is 5.26 Å². The fourth-order valence-corrected chi connectivity index (χ4v) is 1.98. The Hall–Kier alpha value is -2.46. The molecule has 0 spiro atoms. The number of hydrogen-bond donors (Lipinski definition) is 2. The van der Waals surface area contributed by atoms with E-state index in [1.807, 2.05) is 13.0 Å². The number of amides is 1. The topological polar surface area (TPSA) is 90.7 Å². The number of halogens is 1. The summed E-state index contributed by atoms with van der Waals surface area (Å²) in [4.78, 5) is 20.2. The van der Waals surface area contributed by atoms with Gasteiger partial charge in [-0.25, -0.2) is 9.97 Å². The minimum Gasteiger partial charge on any atom is -0.369 e.